The van der Waals surface area contributed by atoms with Gasteiger partial charge in [0.15, 0.2) is 0 Å². The van der Waals surface area contributed by atoms with Crippen LogP contribution < -0.4 is 5.32 Å². The average molecular weight is 276 g/mol. The summed E-state index contributed by atoms with van der Waals surface area (Å²) >= 11 is 0. The van der Waals surface area contributed by atoms with Gasteiger partial charge < -0.3 is 15.1 Å². The van der Waals surface area contributed by atoms with Gasteiger partial charge >= 0.3 is 0 Å². The first-order valence-corrected chi connectivity index (χ1v) is 7.31. The summed E-state index contributed by atoms with van der Waals surface area (Å²) < 4.78 is 0. The van der Waals surface area contributed by atoms with Crippen LogP contribution in [-0.4, -0.2) is 60.0 Å². The van der Waals surface area contributed by atoms with Crippen LogP contribution in [0.3, 0.4) is 0 Å². The van der Waals surface area contributed by atoms with Crippen LogP contribution in [0.15, 0.2) is 18.3 Å². The summed E-state index contributed by atoms with van der Waals surface area (Å²) in [5.41, 5.74) is 1.48. The largest absolute Gasteiger partial charge is 0.385 e. The van der Waals surface area contributed by atoms with E-state index < -0.39 is 0 Å². The molecule has 5 heteroatoms. The van der Waals surface area contributed by atoms with Gasteiger partial charge in [0.25, 0.3) is 5.91 Å². The van der Waals surface area contributed by atoms with E-state index in [9.17, 15) is 4.79 Å². The molecule has 1 aromatic heterocycles. The molecule has 0 saturated carbocycles. The molecule has 1 atom stereocenters. The number of aromatic nitrogens is 1. The highest BCUT2D eigenvalue weighted by Crippen LogP contribution is 2.14. The quantitative estimate of drug-likeness (QED) is 0.912. The Labute approximate surface area is 121 Å². The second-order valence-corrected chi connectivity index (χ2v) is 5.42. The Morgan fingerprint density at radius 2 is 2.30 bits per heavy atom. The average Bonchev–Trinajstić information content (AvgIpc) is 2.59. The summed E-state index contributed by atoms with van der Waals surface area (Å²) in [5.74, 6) is 0.0348. The van der Waals surface area contributed by atoms with Gasteiger partial charge in [-0.2, -0.15) is 0 Å². The minimum absolute atomic E-state index is 0.0348. The highest BCUT2D eigenvalue weighted by molar-refractivity contribution is 5.93. The molecule has 0 aromatic carbocycles. The summed E-state index contributed by atoms with van der Waals surface area (Å²) in [4.78, 5) is 21.1. The van der Waals surface area contributed by atoms with Gasteiger partial charge in [0, 0.05) is 37.6 Å². The summed E-state index contributed by atoms with van der Waals surface area (Å²) in [6.07, 6.45) is 2.71. The normalized spacial score (nSPS) is 20.6. The van der Waals surface area contributed by atoms with Crippen LogP contribution in [0.2, 0.25) is 0 Å². The Bertz CT molecular complexity index is 463. The van der Waals surface area contributed by atoms with Crippen molar-refractivity contribution in [3.8, 4) is 0 Å². The summed E-state index contributed by atoms with van der Waals surface area (Å²) in [7, 11) is 2.11. The van der Waals surface area contributed by atoms with Crippen molar-refractivity contribution >= 4 is 11.6 Å². The van der Waals surface area contributed by atoms with Crippen LogP contribution in [0.4, 0.5) is 5.69 Å². The van der Waals surface area contributed by atoms with Crippen molar-refractivity contribution in [3.05, 3.63) is 24.0 Å². The molecule has 1 unspecified atom stereocenters. The lowest BCUT2D eigenvalue weighted by atomic mass is 10.2. The van der Waals surface area contributed by atoms with Gasteiger partial charge in [-0.05, 0) is 46.0 Å². The predicted molar refractivity (Wildman–Crippen MR) is 81.0 cm³/mol. The molecule has 0 bridgehead atoms. The third-order valence-electron chi connectivity index (χ3n) is 3.67. The molecule has 110 valence electrons. The number of likely N-dealkylation sites (N-methyl/N-ethyl adjacent to an activating group) is 1. The number of pyridine rings is 1. The van der Waals surface area contributed by atoms with Crippen LogP contribution in [0, 0.1) is 0 Å². The first-order valence-electron chi connectivity index (χ1n) is 7.31. The van der Waals surface area contributed by atoms with E-state index in [0.29, 0.717) is 5.69 Å². The van der Waals surface area contributed by atoms with E-state index >= 15 is 0 Å². The molecule has 1 N–H and O–H groups in total. The van der Waals surface area contributed by atoms with Gasteiger partial charge in [0.2, 0.25) is 0 Å². The number of carbonyl (C=O) groups is 1. The van der Waals surface area contributed by atoms with Crippen molar-refractivity contribution in [1.29, 1.82) is 0 Å². The van der Waals surface area contributed by atoms with E-state index in [1.807, 2.05) is 24.0 Å². The topological polar surface area (TPSA) is 48.5 Å². The number of amides is 1. The molecule has 0 aliphatic carbocycles. The number of nitrogens with zero attached hydrogens (tertiary/aromatic N) is 3. The smallest absolute Gasteiger partial charge is 0.272 e. The van der Waals surface area contributed by atoms with E-state index in [2.05, 4.69) is 29.2 Å². The standard InChI is InChI=1S/C15H24N4O/c1-4-16-13-6-7-17-14(10-13)15(20)19-9-5-8-18(3)11-12(19)2/h6-7,10,12H,4-5,8-9,11H2,1-3H3,(H,16,17). The van der Waals surface area contributed by atoms with Crippen LogP contribution >= 0.6 is 0 Å². The lowest BCUT2D eigenvalue weighted by molar-refractivity contribution is 0.0690. The van der Waals surface area contributed by atoms with E-state index in [1.54, 1.807) is 6.20 Å². The van der Waals surface area contributed by atoms with Crippen LogP contribution in [0.5, 0.6) is 0 Å². The minimum Gasteiger partial charge on any atom is -0.385 e. The minimum atomic E-state index is 0.0348. The molecule has 1 amide bonds. The van der Waals surface area contributed by atoms with E-state index in [-0.39, 0.29) is 11.9 Å². The lowest BCUT2D eigenvalue weighted by Gasteiger charge is -2.27. The SMILES string of the molecule is CCNc1ccnc(C(=O)N2CCCN(C)CC2C)c1. The van der Waals surface area contributed by atoms with Crippen molar-refractivity contribution in [2.45, 2.75) is 26.3 Å². The molecule has 1 aromatic rings. The van der Waals surface area contributed by atoms with Gasteiger partial charge in [0.05, 0.1) is 0 Å². The first-order chi connectivity index (χ1) is 9.61. The van der Waals surface area contributed by atoms with Crippen LogP contribution in [0.1, 0.15) is 30.8 Å². The maximum Gasteiger partial charge on any atom is 0.272 e. The Hall–Kier alpha value is -1.62. The summed E-state index contributed by atoms with van der Waals surface area (Å²) in [6.45, 7) is 7.74. The molecule has 5 nitrogen and oxygen atoms in total. The lowest BCUT2D eigenvalue weighted by Crippen LogP contribution is -2.42. The van der Waals surface area contributed by atoms with E-state index in [0.717, 1.165) is 38.3 Å². The molecular formula is C15H24N4O. The van der Waals surface area contributed by atoms with Crippen molar-refractivity contribution in [3.63, 3.8) is 0 Å². The van der Waals surface area contributed by atoms with Gasteiger partial charge in [0.1, 0.15) is 5.69 Å². The molecule has 1 saturated heterocycles. The third-order valence-corrected chi connectivity index (χ3v) is 3.67. The highest BCUT2D eigenvalue weighted by atomic mass is 16.2. The van der Waals surface area contributed by atoms with Crippen molar-refractivity contribution < 1.29 is 4.79 Å². The Morgan fingerprint density at radius 1 is 1.50 bits per heavy atom. The molecule has 1 aliphatic heterocycles. The maximum absolute atomic E-state index is 12.6. The zero-order chi connectivity index (χ0) is 14.5. The summed E-state index contributed by atoms with van der Waals surface area (Å²) in [5, 5.41) is 3.22. The number of carbonyl (C=O) groups excluding carboxylic acids is 1. The number of nitrogens with one attached hydrogen (secondary N) is 1. The van der Waals surface area contributed by atoms with Crippen LogP contribution in [0.25, 0.3) is 0 Å². The first kappa shape index (κ1) is 14.8. The highest BCUT2D eigenvalue weighted by Gasteiger charge is 2.25. The maximum atomic E-state index is 12.6. The molecule has 20 heavy (non-hydrogen) atoms. The van der Waals surface area contributed by atoms with Gasteiger partial charge in [-0.3, -0.25) is 9.78 Å². The molecule has 1 aliphatic rings. The predicted octanol–water partition coefficient (Wildman–Crippen LogP) is 1.68. The van der Waals surface area contributed by atoms with Gasteiger partial charge in [-0.1, -0.05) is 0 Å². The Kier molecular flexibility index (Phi) is 4.95. The van der Waals surface area contributed by atoms with E-state index in [1.165, 1.54) is 0 Å². The second-order valence-electron chi connectivity index (χ2n) is 5.42. The monoisotopic (exact) mass is 276 g/mol. The number of rotatable bonds is 3. The second kappa shape index (κ2) is 6.70. The van der Waals surface area contributed by atoms with E-state index in [4.69, 9.17) is 0 Å². The molecule has 0 radical (unpaired) electrons. The zero-order valence-electron chi connectivity index (χ0n) is 12.6. The molecular weight excluding hydrogens is 252 g/mol. The number of anilines is 1. The van der Waals surface area contributed by atoms with Crippen molar-refractivity contribution in [2.75, 3.05) is 38.5 Å². The Morgan fingerprint density at radius 3 is 3.05 bits per heavy atom. The van der Waals surface area contributed by atoms with Crippen LogP contribution in [-0.2, 0) is 0 Å². The fourth-order valence-electron chi connectivity index (χ4n) is 2.68. The van der Waals surface area contributed by atoms with Gasteiger partial charge in [-0.15, -0.1) is 0 Å². The molecule has 0 spiro atoms. The fraction of sp³-hybridized carbons (Fsp3) is 0.600. The molecule has 2 heterocycles. The fourth-order valence-corrected chi connectivity index (χ4v) is 2.68. The van der Waals surface area contributed by atoms with Gasteiger partial charge in [-0.25, -0.2) is 0 Å². The van der Waals surface area contributed by atoms with Crippen molar-refractivity contribution in [2.24, 2.45) is 0 Å². The molecule has 1 fully saturated rings. The zero-order valence-corrected chi connectivity index (χ0v) is 12.6. The Balaban J connectivity index is 2.15. The molecule has 2 rings (SSSR count). The summed E-state index contributed by atoms with van der Waals surface area (Å²) in [6, 6.07) is 3.95. The third kappa shape index (κ3) is 3.48. The number of hydrogen-bond acceptors (Lipinski definition) is 4. The van der Waals surface area contributed by atoms with Crippen molar-refractivity contribution in [1.82, 2.24) is 14.8 Å². The number of hydrogen-bond donors (Lipinski definition) is 1.